The maximum Gasteiger partial charge on any atom is 0.267 e. The Balaban J connectivity index is 1.32. The average molecular weight is 576 g/mol. The first-order valence-electron chi connectivity index (χ1n) is 12.7. The van der Waals surface area contributed by atoms with Gasteiger partial charge in [-0.1, -0.05) is 48.5 Å². The molecule has 6 aromatic rings. The number of halogens is 1. The number of rotatable bonds is 7. The second kappa shape index (κ2) is 11.3. The molecule has 0 bridgehead atoms. The van der Waals surface area contributed by atoms with Crippen LogP contribution in [0.4, 0.5) is 15.8 Å². The Labute approximate surface area is 243 Å². The Kier molecular flexibility index (Phi) is 7.24. The van der Waals surface area contributed by atoms with Crippen LogP contribution in [-0.4, -0.2) is 16.7 Å². The number of hydrogen-bond acceptors (Lipinski definition) is 6. The number of nitrogen functional groups attached to an aromatic ring is 1. The summed E-state index contributed by atoms with van der Waals surface area (Å²) in [6.45, 7) is 0. The number of amides is 1. The van der Waals surface area contributed by atoms with Gasteiger partial charge in [-0.25, -0.2) is 9.37 Å². The lowest BCUT2D eigenvalue weighted by Gasteiger charge is -2.09. The lowest BCUT2D eigenvalue weighted by molar-refractivity contribution is 0.102. The normalized spacial score (nSPS) is 11.2. The summed E-state index contributed by atoms with van der Waals surface area (Å²) >= 11 is 2.73. The molecule has 0 radical (unpaired) electrons. The number of anilines is 2. The SMILES string of the molecule is Nc1c(C(=O)Nc2ccc(C(=O)C=Cc3cccs3)cc2)sc2nc(-c3ccccc3)cc(-c3cccc(F)c3)c12. The smallest absolute Gasteiger partial charge is 0.267 e. The van der Waals surface area contributed by atoms with Crippen LogP contribution in [0.25, 0.3) is 38.7 Å². The fraction of sp³-hybridized carbons (Fsp3) is 0. The van der Waals surface area contributed by atoms with E-state index in [-0.39, 0.29) is 17.3 Å². The third kappa shape index (κ3) is 5.56. The Hall–Kier alpha value is -4.92. The first kappa shape index (κ1) is 26.3. The van der Waals surface area contributed by atoms with Crippen molar-refractivity contribution < 1.29 is 14.0 Å². The molecule has 3 aromatic heterocycles. The van der Waals surface area contributed by atoms with Crippen LogP contribution < -0.4 is 11.1 Å². The summed E-state index contributed by atoms with van der Waals surface area (Å²) in [4.78, 5) is 32.6. The molecular weight excluding hydrogens is 554 g/mol. The van der Waals surface area contributed by atoms with Crippen molar-refractivity contribution in [2.24, 2.45) is 0 Å². The highest BCUT2D eigenvalue weighted by molar-refractivity contribution is 7.21. The molecule has 0 aliphatic carbocycles. The van der Waals surface area contributed by atoms with Crippen LogP contribution in [0.15, 0.2) is 109 Å². The summed E-state index contributed by atoms with van der Waals surface area (Å²) in [5, 5.41) is 5.42. The molecule has 0 aliphatic rings. The second-order valence-electron chi connectivity index (χ2n) is 9.20. The molecule has 1 amide bonds. The molecule has 0 saturated carbocycles. The van der Waals surface area contributed by atoms with Crippen molar-refractivity contribution in [1.29, 1.82) is 0 Å². The van der Waals surface area contributed by atoms with Gasteiger partial charge in [0, 0.05) is 27.1 Å². The monoisotopic (exact) mass is 575 g/mol. The van der Waals surface area contributed by atoms with Crippen LogP contribution in [0.3, 0.4) is 0 Å². The van der Waals surface area contributed by atoms with Gasteiger partial charge in [-0.3, -0.25) is 9.59 Å². The van der Waals surface area contributed by atoms with Crippen molar-refractivity contribution in [3.05, 3.63) is 130 Å². The number of allylic oxidation sites excluding steroid dienone is 1. The molecule has 6 rings (SSSR count). The molecule has 200 valence electrons. The van der Waals surface area contributed by atoms with Crippen LogP contribution in [0, 0.1) is 5.82 Å². The van der Waals surface area contributed by atoms with Crippen LogP contribution >= 0.6 is 22.7 Å². The number of fused-ring (bicyclic) bond motifs is 1. The second-order valence-corrected chi connectivity index (χ2v) is 11.2. The number of nitrogens with one attached hydrogen (secondary N) is 1. The van der Waals surface area contributed by atoms with Gasteiger partial charge in [0.25, 0.3) is 5.91 Å². The maximum atomic E-state index is 14.2. The minimum atomic E-state index is -0.395. The van der Waals surface area contributed by atoms with Crippen molar-refractivity contribution in [2.45, 2.75) is 0 Å². The molecule has 8 heteroatoms. The van der Waals surface area contributed by atoms with Gasteiger partial charge < -0.3 is 11.1 Å². The van der Waals surface area contributed by atoms with Gasteiger partial charge >= 0.3 is 0 Å². The van der Waals surface area contributed by atoms with Crippen molar-refractivity contribution >= 4 is 62.0 Å². The number of ketones is 1. The molecule has 5 nitrogen and oxygen atoms in total. The first-order chi connectivity index (χ1) is 20.0. The van der Waals surface area contributed by atoms with Crippen LogP contribution in [0.2, 0.25) is 0 Å². The van der Waals surface area contributed by atoms with Crippen molar-refractivity contribution in [3.8, 4) is 22.4 Å². The van der Waals surface area contributed by atoms with E-state index >= 15 is 0 Å². The van der Waals surface area contributed by atoms with E-state index in [1.807, 2.05) is 60.0 Å². The minimum Gasteiger partial charge on any atom is -0.397 e. The Morgan fingerprint density at radius 1 is 0.878 bits per heavy atom. The summed E-state index contributed by atoms with van der Waals surface area (Å²) in [6, 6.07) is 28.4. The van der Waals surface area contributed by atoms with Gasteiger partial charge in [0.2, 0.25) is 0 Å². The van der Waals surface area contributed by atoms with Crippen LogP contribution in [0.5, 0.6) is 0 Å². The lowest BCUT2D eigenvalue weighted by atomic mass is 9.99. The number of thiophene rings is 2. The van der Waals surface area contributed by atoms with Crippen molar-refractivity contribution in [2.75, 3.05) is 11.1 Å². The zero-order chi connectivity index (χ0) is 28.3. The number of benzene rings is 3. The molecule has 0 aliphatic heterocycles. The number of hydrogen-bond donors (Lipinski definition) is 2. The molecule has 0 atom stereocenters. The highest BCUT2D eigenvalue weighted by Gasteiger charge is 2.22. The van der Waals surface area contributed by atoms with Gasteiger partial charge in [-0.05, 0) is 77.2 Å². The highest BCUT2D eigenvalue weighted by atomic mass is 32.1. The zero-order valence-electron chi connectivity index (χ0n) is 21.5. The molecule has 0 saturated heterocycles. The van der Waals surface area contributed by atoms with E-state index in [0.717, 1.165) is 10.4 Å². The van der Waals surface area contributed by atoms with Crippen LogP contribution in [-0.2, 0) is 0 Å². The minimum absolute atomic E-state index is 0.129. The summed E-state index contributed by atoms with van der Waals surface area (Å²) < 4.78 is 14.2. The van der Waals surface area contributed by atoms with E-state index in [4.69, 9.17) is 10.7 Å². The molecular formula is C33H22FN3O2S2. The number of carbonyl (C=O) groups excluding carboxylic acids is 2. The van der Waals surface area contributed by atoms with Gasteiger partial charge in [-0.15, -0.1) is 22.7 Å². The number of nitrogens with zero attached hydrogens (tertiary/aromatic N) is 1. The highest BCUT2D eigenvalue weighted by Crippen LogP contribution is 2.41. The van der Waals surface area contributed by atoms with Crippen LogP contribution in [0.1, 0.15) is 24.9 Å². The van der Waals surface area contributed by atoms with E-state index in [1.165, 1.54) is 29.5 Å². The molecule has 3 heterocycles. The van der Waals surface area contributed by atoms with E-state index in [9.17, 15) is 14.0 Å². The average Bonchev–Trinajstić information content (AvgIpc) is 3.64. The predicted octanol–water partition coefficient (Wildman–Crippen LogP) is 8.56. The molecule has 3 aromatic carbocycles. The summed E-state index contributed by atoms with van der Waals surface area (Å²) in [6.07, 6.45) is 3.31. The fourth-order valence-corrected chi connectivity index (χ4v) is 6.11. The van der Waals surface area contributed by atoms with E-state index < -0.39 is 5.91 Å². The zero-order valence-corrected chi connectivity index (χ0v) is 23.1. The number of pyridine rings is 1. The quantitative estimate of drug-likeness (QED) is 0.148. The molecule has 0 fully saturated rings. The third-order valence-corrected chi connectivity index (χ3v) is 8.42. The molecule has 0 spiro atoms. The third-order valence-electron chi connectivity index (χ3n) is 6.48. The Morgan fingerprint density at radius 3 is 2.39 bits per heavy atom. The topological polar surface area (TPSA) is 85.1 Å². The fourth-order valence-electron chi connectivity index (χ4n) is 4.48. The standard InChI is InChI=1S/C33H22FN3O2S2/c34-23-9-4-8-22(18-23)26-19-27(20-6-2-1-3-7-20)37-33-29(26)30(35)31(41-33)32(39)36-24-13-11-21(12-14-24)28(38)16-15-25-10-5-17-40-25/h1-19H,35H2,(H,36,39). The van der Waals surface area contributed by atoms with E-state index in [2.05, 4.69) is 5.32 Å². The maximum absolute atomic E-state index is 14.2. The van der Waals surface area contributed by atoms with Crippen molar-refractivity contribution in [1.82, 2.24) is 4.98 Å². The summed E-state index contributed by atoms with van der Waals surface area (Å²) in [5.41, 5.74) is 10.8. The lowest BCUT2D eigenvalue weighted by Crippen LogP contribution is -2.12. The number of nitrogens with two attached hydrogens (primary N) is 1. The summed E-state index contributed by atoms with van der Waals surface area (Å²) in [7, 11) is 0. The largest absolute Gasteiger partial charge is 0.397 e. The van der Waals surface area contributed by atoms with Gasteiger partial charge in [0.15, 0.2) is 5.78 Å². The number of aromatic nitrogens is 1. The van der Waals surface area contributed by atoms with E-state index in [1.54, 1.807) is 47.7 Å². The molecule has 0 unspecified atom stereocenters. The number of carbonyl (C=O) groups is 2. The van der Waals surface area contributed by atoms with Gasteiger partial charge in [-0.2, -0.15) is 0 Å². The van der Waals surface area contributed by atoms with Gasteiger partial charge in [0.1, 0.15) is 15.5 Å². The first-order valence-corrected chi connectivity index (χ1v) is 14.4. The Bertz CT molecular complexity index is 1910. The van der Waals surface area contributed by atoms with Gasteiger partial charge in [0.05, 0.1) is 11.4 Å². The predicted molar refractivity (Wildman–Crippen MR) is 167 cm³/mol. The molecule has 41 heavy (non-hydrogen) atoms. The summed E-state index contributed by atoms with van der Waals surface area (Å²) in [5.74, 6) is -0.895. The van der Waals surface area contributed by atoms with E-state index in [0.29, 0.717) is 43.2 Å². The Morgan fingerprint density at radius 2 is 1.66 bits per heavy atom. The molecule has 3 N–H and O–H groups in total. The van der Waals surface area contributed by atoms with Crippen molar-refractivity contribution in [3.63, 3.8) is 0 Å².